The Balaban J connectivity index is 1.32. The van der Waals surface area contributed by atoms with Crippen LogP contribution in [0.25, 0.3) is 0 Å². The average Bonchev–Trinajstić information content (AvgIpc) is 3.34. The van der Waals surface area contributed by atoms with E-state index < -0.39 is 17.8 Å². The molecule has 1 amide bonds. The first-order valence-corrected chi connectivity index (χ1v) is 10.0. The summed E-state index contributed by atoms with van der Waals surface area (Å²) in [5.74, 6) is -2.25. The van der Waals surface area contributed by atoms with Crippen LogP contribution in [0, 0.1) is 23.7 Å². The lowest BCUT2D eigenvalue weighted by Crippen LogP contribution is -2.36. The van der Waals surface area contributed by atoms with Crippen molar-refractivity contribution < 1.29 is 19.4 Å². The van der Waals surface area contributed by atoms with E-state index >= 15 is 0 Å². The van der Waals surface area contributed by atoms with Crippen molar-refractivity contribution in [3.05, 3.63) is 77.9 Å². The van der Waals surface area contributed by atoms with Crippen molar-refractivity contribution in [1.82, 2.24) is 0 Å². The second-order valence-electron chi connectivity index (χ2n) is 7.82. The van der Waals surface area contributed by atoms with Gasteiger partial charge in [0.25, 0.3) is 0 Å². The summed E-state index contributed by atoms with van der Waals surface area (Å²) in [6, 6.07) is 17.7. The number of rotatable bonds is 8. The van der Waals surface area contributed by atoms with Crippen LogP contribution in [0.5, 0.6) is 0 Å². The van der Waals surface area contributed by atoms with E-state index in [1.165, 1.54) is 5.56 Å². The van der Waals surface area contributed by atoms with Crippen molar-refractivity contribution >= 4 is 17.6 Å². The van der Waals surface area contributed by atoms with Crippen LogP contribution in [-0.2, 0) is 27.4 Å². The highest BCUT2D eigenvalue weighted by Crippen LogP contribution is 2.48. The van der Waals surface area contributed by atoms with Gasteiger partial charge in [-0.15, -0.1) is 0 Å². The second-order valence-corrected chi connectivity index (χ2v) is 7.82. The average molecular weight is 391 g/mol. The van der Waals surface area contributed by atoms with Gasteiger partial charge in [-0.1, -0.05) is 54.6 Å². The first-order chi connectivity index (χ1) is 14.1. The van der Waals surface area contributed by atoms with Gasteiger partial charge in [0.15, 0.2) is 0 Å². The number of hydrogen-bond donors (Lipinski definition) is 2. The molecule has 1 fully saturated rings. The molecule has 2 aromatic rings. The molecule has 150 valence electrons. The number of carbonyl (C=O) groups is 2. The van der Waals surface area contributed by atoms with Gasteiger partial charge in [-0.3, -0.25) is 9.59 Å². The van der Waals surface area contributed by atoms with E-state index in [0.29, 0.717) is 18.9 Å². The summed E-state index contributed by atoms with van der Waals surface area (Å²) < 4.78 is 5.77. The van der Waals surface area contributed by atoms with Gasteiger partial charge in [0.2, 0.25) is 5.91 Å². The van der Waals surface area contributed by atoms with E-state index in [0.717, 1.165) is 18.4 Å². The number of hydrogen-bond acceptors (Lipinski definition) is 3. The molecule has 4 unspecified atom stereocenters. The standard InChI is InChI=1S/C24H25NO4/c26-23(21-18-9-10-19(14-18)22(21)24(27)28)25-20-8-4-7-17(13-20)15-29-12-11-16-5-2-1-3-6-16/h1-10,13,18-19,21-22H,11-12,14-15H2,(H,25,26)(H,27,28). The Labute approximate surface area is 170 Å². The summed E-state index contributed by atoms with van der Waals surface area (Å²) in [5.41, 5.74) is 2.88. The molecule has 0 saturated heterocycles. The minimum Gasteiger partial charge on any atom is -0.481 e. The van der Waals surface area contributed by atoms with Crippen LogP contribution < -0.4 is 5.32 Å². The summed E-state index contributed by atoms with van der Waals surface area (Å²) in [4.78, 5) is 24.4. The van der Waals surface area contributed by atoms with Gasteiger partial charge in [0.05, 0.1) is 25.0 Å². The predicted octanol–water partition coefficient (Wildman–Crippen LogP) is 3.91. The summed E-state index contributed by atoms with van der Waals surface area (Å²) in [7, 11) is 0. The topological polar surface area (TPSA) is 75.6 Å². The van der Waals surface area contributed by atoms with Crippen molar-refractivity contribution in [2.24, 2.45) is 23.7 Å². The lowest BCUT2D eigenvalue weighted by atomic mass is 9.82. The van der Waals surface area contributed by atoms with E-state index in [1.807, 2.05) is 54.6 Å². The van der Waals surface area contributed by atoms with Crippen molar-refractivity contribution in [3.63, 3.8) is 0 Å². The van der Waals surface area contributed by atoms with Crippen LogP contribution in [0.3, 0.4) is 0 Å². The third kappa shape index (κ3) is 4.40. The number of nitrogens with one attached hydrogen (secondary N) is 1. The third-order valence-electron chi connectivity index (χ3n) is 5.89. The van der Waals surface area contributed by atoms with E-state index in [1.54, 1.807) is 0 Å². The van der Waals surface area contributed by atoms with Gasteiger partial charge in [-0.25, -0.2) is 0 Å². The van der Waals surface area contributed by atoms with E-state index in [9.17, 15) is 14.7 Å². The summed E-state index contributed by atoms with van der Waals surface area (Å²) in [6.45, 7) is 1.09. The summed E-state index contributed by atoms with van der Waals surface area (Å²) in [5, 5.41) is 12.5. The third-order valence-corrected chi connectivity index (χ3v) is 5.89. The van der Waals surface area contributed by atoms with Gasteiger partial charge >= 0.3 is 5.97 Å². The molecule has 0 radical (unpaired) electrons. The van der Waals surface area contributed by atoms with Crippen LogP contribution >= 0.6 is 0 Å². The maximum absolute atomic E-state index is 12.8. The first kappa shape index (κ1) is 19.4. The molecule has 5 heteroatoms. The van der Waals surface area contributed by atoms with E-state index in [4.69, 9.17) is 4.74 Å². The number of allylic oxidation sites excluding steroid dienone is 2. The van der Waals surface area contributed by atoms with Crippen LogP contribution in [0.2, 0.25) is 0 Å². The molecule has 1 saturated carbocycles. The van der Waals surface area contributed by atoms with Crippen LogP contribution in [0.1, 0.15) is 17.5 Å². The van der Waals surface area contributed by atoms with E-state index in [-0.39, 0.29) is 17.7 Å². The number of fused-ring (bicyclic) bond motifs is 2. The summed E-state index contributed by atoms with van der Waals surface area (Å²) >= 11 is 0. The van der Waals surface area contributed by atoms with Crippen LogP contribution in [0.15, 0.2) is 66.7 Å². The Kier molecular flexibility index (Phi) is 5.76. The fraction of sp³-hybridized carbons (Fsp3) is 0.333. The van der Waals surface area contributed by atoms with Gasteiger partial charge in [-0.05, 0) is 47.9 Å². The number of carboxylic acid groups (broad SMARTS) is 1. The Morgan fingerprint density at radius 2 is 1.69 bits per heavy atom. The predicted molar refractivity (Wildman–Crippen MR) is 110 cm³/mol. The Morgan fingerprint density at radius 3 is 2.45 bits per heavy atom. The minimum atomic E-state index is -0.887. The molecule has 4 atom stereocenters. The lowest BCUT2D eigenvalue weighted by Gasteiger charge is -2.24. The molecule has 4 rings (SSSR count). The monoisotopic (exact) mass is 391 g/mol. The van der Waals surface area contributed by atoms with Gasteiger partial charge in [-0.2, -0.15) is 0 Å². The van der Waals surface area contributed by atoms with Crippen molar-refractivity contribution in [3.8, 4) is 0 Å². The molecular weight excluding hydrogens is 366 g/mol. The number of anilines is 1. The zero-order chi connectivity index (χ0) is 20.2. The molecule has 0 spiro atoms. The van der Waals surface area contributed by atoms with E-state index in [2.05, 4.69) is 17.4 Å². The maximum Gasteiger partial charge on any atom is 0.307 e. The zero-order valence-corrected chi connectivity index (χ0v) is 16.2. The number of ether oxygens (including phenoxy) is 1. The molecule has 0 aromatic heterocycles. The molecule has 2 N–H and O–H groups in total. The zero-order valence-electron chi connectivity index (χ0n) is 16.2. The highest BCUT2D eigenvalue weighted by molar-refractivity contribution is 5.96. The number of carbonyl (C=O) groups excluding carboxylic acids is 1. The van der Waals surface area contributed by atoms with Crippen LogP contribution in [-0.4, -0.2) is 23.6 Å². The molecule has 2 bridgehead atoms. The van der Waals surface area contributed by atoms with Crippen LogP contribution in [0.4, 0.5) is 5.69 Å². The molecule has 5 nitrogen and oxygen atoms in total. The number of amides is 1. The second kappa shape index (κ2) is 8.62. The number of aliphatic carboxylic acids is 1. The largest absolute Gasteiger partial charge is 0.481 e. The lowest BCUT2D eigenvalue weighted by molar-refractivity contribution is -0.146. The Morgan fingerprint density at radius 1 is 0.966 bits per heavy atom. The van der Waals surface area contributed by atoms with Gasteiger partial charge < -0.3 is 15.2 Å². The highest BCUT2D eigenvalue weighted by atomic mass is 16.5. The normalized spacial score (nSPS) is 24.6. The molecule has 29 heavy (non-hydrogen) atoms. The first-order valence-electron chi connectivity index (χ1n) is 10.0. The SMILES string of the molecule is O=C(O)C1C2C=CC(C2)C1C(=O)Nc1cccc(COCCc2ccccc2)c1. The Hall–Kier alpha value is -2.92. The van der Waals surface area contributed by atoms with Crippen molar-refractivity contribution in [2.75, 3.05) is 11.9 Å². The van der Waals surface area contributed by atoms with Crippen molar-refractivity contribution in [2.45, 2.75) is 19.4 Å². The summed E-state index contributed by atoms with van der Waals surface area (Å²) in [6.07, 6.45) is 5.54. The fourth-order valence-corrected chi connectivity index (χ4v) is 4.51. The molecule has 2 aliphatic rings. The minimum absolute atomic E-state index is 0.0191. The molecule has 0 heterocycles. The quantitative estimate of drug-likeness (QED) is 0.528. The maximum atomic E-state index is 12.8. The smallest absolute Gasteiger partial charge is 0.307 e. The van der Waals surface area contributed by atoms with Gasteiger partial charge in [0, 0.05) is 5.69 Å². The van der Waals surface area contributed by atoms with Gasteiger partial charge in [0.1, 0.15) is 0 Å². The highest BCUT2D eigenvalue weighted by Gasteiger charge is 2.51. The molecule has 2 aromatic carbocycles. The molecule has 2 aliphatic carbocycles. The molecule has 0 aliphatic heterocycles. The number of carboxylic acids is 1. The fourth-order valence-electron chi connectivity index (χ4n) is 4.51. The number of benzene rings is 2. The van der Waals surface area contributed by atoms with Crippen molar-refractivity contribution in [1.29, 1.82) is 0 Å². The Bertz CT molecular complexity index is 908. The molecular formula is C24H25NO4.